The van der Waals surface area contributed by atoms with Crippen LogP contribution >= 0.6 is 11.8 Å². The van der Waals surface area contributed by atoms with Crippen molar-refractivity contribution in [3.63, 3.8) is 0 Å². The number of hydrogen-bond donors (Lipinski definition) is 1. The zero-order chi connectivity index (χ0) is 13.0. The van der Waals surface area contributed by atoms with Gasteiger partial charge in [-0.25, -0.2) is 0 Å². The van der Waals surface area contributed by atoms with Crippen molar-refractivity contribution in [1.29, 1.82) is 0 Å². The number of phenols is 1. The molecule has 0 spiro atoms. The van der Waals surface area contributed by atoms with Gasteiger partial charge in [0.2, 0.25) is 0 Å². The highest BCUT2D eigenvalue weighted by molar-refractivity contribution is 7.99. The van der Waals surface area contributed by atoms with E-state index in [-0.39, 0.29) is 11.5 Å². The molecule has 0 saturated carbocycles. The zero-order valence-corrected chi connectivity index (χ0v) is 11.7. The van der Waals surface area contributed by atoms with Gasteiger partial charge in [0, 0.05) is 22.1 Å². The number of aromatic hydroxyl groups is 1. The normalized spacial score (nSPS) is 12.8. The minimum atomic E-state index is 0.0353. The van der Waals surface area contributed by atoms with Crippen molar-refractivity contribution in [2.24, 2.45) is 5.92 Å². The molecule has 2 nitrogen and oxygen atoms in total. The maximum atomic E-state index is 11.3. The Morgan fingerprint density at radius 2 is 2.00 bits per heavy atom. The Morgan fingerprint density at radius 1 is 1.35 bits per heavy atom. The lowest BCUT2D eigenvalue weighted by molar-refractivity contribution is 0.101. The highest BCUT2D eigenvalue weighted by atomic mass is 32.2. The van der Waals surface area contributed by atoms with Gasteiger partial charge < -0.3 is 5.11 Å². The van der Waals surface area contributed by atoms with Gasteiger partial charge >= 0.3 is 0 Å². The van der Waals surface area contributed by atoms with Crippen LogP contribution in [0.25, 0.3) is 0 Å². The zero-order valence-electron chi connectivity index (χ0n) is 10.9. The number of Topliss-reactive ketones (excluding diaryl/α,β-unsaturated/α-hetero) is 1. The second-order valence-corrected chi connectivity index (χ2v) is 6.03. The molecule has 1 N–H and O–H groups in total. The average molecular weight is 252 g/mol. The molecule has 0 fully saturated rings. The summed E-state index contributed by atoms with van der Waals surface area (Å²) >= 11 is 1.80. The monoisotopic (exact) mass is 252 g/mol. The Bertz CT molecular complexity index is 399. The Labute approximate surface area is 107 Å². The van der Waals surface area contributed by atoms with E-state index < -0.39 is 0 Å². The number of carbonyl (C=O) groups excluding carboxylic acids is 1. The lowest BCUT2D eigenvalue weighted by Crippen LogP contribution is -2.06. The average Bonchev–Trinajstić information content (AvgIpc) is 2.26. The first-order valence-corrected chi connectivity index (χ1v) is 6.91. The molecule has 0 bridgehead atoms. The summed E-state index contributed by atoms with van der Waals surface area (Å²) in [7, 11) is 0. The second-order valence-electron chi connectivity index (χ2n) is 4.66. The summed E-state index contributed by atoms with van der Waals surface area (Å²) in [6, 6.07) is 5.06. The lowest BCUT2D eigenvalue weighted by atomic mass is 10.1. The summed E-state index contributed by atoms with van der Waals surface area (Å²) in [6.45, 7) is 8.09. The van der Waals surface area contributed by atoms with E-state index in [1.807, 2.05) is 0 Å². The summed E-state index contributed by atoms with van der Waals surface area (Å²) in [6.07, 6.45) is 0. The first-order valence-electron chi connectivity index (χ1n) is 5.86. The number of carbonyl (C=O) groups is 1. The maximum Gasteiger partial charge on any atom is 0.159 e. The summed E-state index contributed by atoms with van der Waals surface area (Å²) in [5.74, 6) is 1.66. The summed E-state index contributed by atoms with van der Waals surface area (Å²) < 4.78 is 0. The van der Waals surface area contributed by atoms with Crippen molar-refractivity contribution in [2.75, 3.05) is 0 Å². The fraction of sp³-hybridized carbons (Fsp3) is 0.500. The van der Waals surface area contributed by atoms with Gasteiger partial charge in [0.05, 0.1) is 0 Å². The van der Waals surface area contributed by atoms with Crippen molar-refractivity contribution in [1.82, 2.24) is 0 Å². The molecule has 1 atom stereocenters. The molecule has 0 aliphatic carbocycles. The van der Waals surface area contributed by atoms with Crippen LogP contribution in [0.2, 0.25) is 0 Å². The quantitative estimate of drug-likeness (QED) is 0.808. The van der Waals surface area contributed by atoms with Crippen molar-refractivity contribution < 1.29 is 9.90 Å². The Hall–Kier alpha value is -0.960. The van der Waals surface area contributed by atoms with Crippen LogP contribution in [0, 0.1) is 5.92 Å². The predicted octanol–water partition coefficient (Wildman–Crippen LogP) is 3.87. The fourth-order valence-corrected chi connectivity index (χ4v) is 2.39. The molecule has 0 amide bonds. The lowest BCUT2D eigenvalue weighted by Gasteiger charge is -2.15. The van der Waals surface area contributed by atoms with Gasteiger partial charge in [-0.15, -0.1) is 0 Å². The third-order valence-corrected chi connectivity index (χ3v) is 4.47. The molecule has 1 rings (SSSR count). The van der Waals surface area contributed by atoms with Crippen LogP contribution in [-0.4, -0.2) is 16.1 Å². The topological polar surface area (TPSA) is 37.3 Å². The van der Waals surface area contributed by atoms with E-state index in [1.54, 1.807) is 36.9 Å². The summed E-state index contributed by atoms with van der Waals surface area (Å²) in [5, 5.41) is 10.3. The van der Waals surface area contributed by atoms with E-state index >= 15 is 0 Å². The van der Waals surface area contributed by atoms with Gasteiger partial charge in [-0.3, -0.25) is 4.79 Å². The largest absolute Gasteiger partial charge is 0.508 e. The number of rotatable bonds is 5. The molecule has 17 heavy (non-hydrogen) atoms. The van der Waals surface area contributed by atoms with E-state index in [0.717, 1.165) is 11.3 Å². The van der Waals surface area contributed by atoms with Gasteiger partial charge in [0.1, 0.15) is 5.75 Å². The van der Waals surface area contributed by atoms with E-state index in [2.05, 4.69) is 20.8 Å². The minimum absolute atomic E-state index is 0.0353. The predicted molar refractivity (Wildman–Crippen MR) is 73.7 cm³/mol. The minimum Gasteiger partial charge on any atom is -0.508 e. The van der Waals surface area contributed by atoms with Gasteiger partial charge in [-0.1, -0.05) is 20.8 Å². The number of phenolic OH excluding ortho intramolecular Hbond substituents is 1. The van der Waals surface area contributed by atoms with Crippen molar-refractivity contribution in [3.8, 4) is 5.75 Å². The van der Waals surface area contributed by atoms with E-state index in [9.17, 15) is 9.90 Å². The SMILES string of the molecule is CC(=O)c1ccc(O)c(CSC(C)C(C)C)c1. The molecule has 0 heterocycles. The smallest absolute Gasteiger partial charge is 0.159 e. The number of hydrogen-bond acceptors (Lipinski definition) is 3. The van der Waals surface area contributed by atoms with Gasteiger partial charge in [0.25, 0.3) is 0 Å². The molecule has 0 aliphatic heterocycles. The van der Waals surface area contributed by atoms with Crippen molar-refractivity contribution in [2.45, 2.75) is 38.7 Å². The second kappa shape index (κ2) is 6.10. The fourth-order valence-electron chi connectivity index (χ4n) is 1.33. The molecule has 0 saturated heterocycles. The number of thioether (sulfide) groups is 1. The third kappa shape index (κ3) is 4.08. The standard InChI is InChI=1S/C14H20O2S/c1-9(2)11(4)17-8-13-7-12(10(3)15)5-6-14(13)16/h5-7,9,11,16H,8H2,1-4H3. The summed E-state index contributed by atoms with van der Waals surface area (Å²) in [4.78, 5) is 11.3. The molecule has 0 aromatic heterocycles. The van der Waals surface area contributed by atoms with Crippen LogP contribution in [0.15, 0.2) is 18.2 Å². The molecule has 1 unspecified atom stereocenters. The van der Waals surface area contributed by atoms with Crippen molar-refractivity contribution >= 4 is 17.5 Å². The van der Waals surface area contributed by atoms with E-state index in [4.69, 9.17) is 0 Å². The first kappa shape index (κ1) is 14.1. The van der Waals surface area contributed by atoms with Gasteiger partial charge in [-0.2, -0.15) is 11.8 Å². The van der Waals surface area contributed by atoms with E-state index in [0.29, 0.717) is 16.7 Å². The molecular formula is C14H20O2S. The Morgan fingerprint density at radius 3 is 2.53 bits per heavy atom. The van der Waals surface area contributed by atoms with Gasteiger partial charge in [0.15, 0.2) is 5.78 Å². The van der Waals surface area contributed by atoms with Crippen molar-refractivity contribution in [3.05, 3.63) is 29.3 Å². The highest BCUT2D eigenvalue weighted by Crippen LogP contribution is 2.28. The van der Waals surface area contributed by atoms with Crippen LogP contribution in [-0.2, 0) is 5.75 Å². The molecule has 3 heteroatoms. The molecule has 0 radical (unpaired) electrons. The van der Waals surface area contributed by atoms with Crippen LogP contribution in [0.1, 0.15) is 43.6 Å². The number of benzene rings is 1. The van der Waals surface area contributed by atoms with Gasteiger partial charge in [-0.05, 0) is 31.0 Å². The molecule has 1 aromatic carbocycles. The van der Waals surface area contributed by atoms with E-state index in [1.165, 1.54) is 0 Å². The molecule has 94 valence electrons. The van der Waals surface area contributed by atoms with Crippen LogP contribution < -0.4 is 0 Å². The van der Waals surface area contributed by atoms with Crippen LogP contribution in [0.5, 0.6) is 5.75 Å². The Kier molecular flexibility index (Phi) is 5.06. The number of ketones is 1. The Balaban J connectivity index is 2.76. The molecule has 0 aliphatic rings. The van der Waals surface area contributed by atoms with Crippen LogP contribution in [0.4, 0.5) is 0 Å². The summed E-state index contributed by atoms with van der Waals surface area (Å²) in [5.41, 5.74) is 1.51. The molecular weight excluding hydrogens is 232 g/mol. The maximum absolute atomic E-state index is 11.3. The molecule has 1 aromatic rings. The highest BCUT2D eigenvalue weighted by Gasteiger charge is 2.10. The third-order valence-electron chi connectivity index (χ3n) is 2.93. The first-order chi connectivity index (χ1) is 7.91. The van der Waals surface area contributed by atoms with Crippen LogP contribution in [0.3, 0.4) is 0 Å².